The Morgan fingerprint density at radius 2 is 2.22 bits per heavy atom. The minimum atomic E-state index is 0.101. The fraction of sp³-hybridized carbons (Fsp3) is 0.571. The first-order valence-electron chi connectivity index (χ1n) is 6.56. The topological polar surface area (TPSA) is 45.2 Å². The molecule has 0 spiro atoms. The summed E-state index contributed by atoms with van der Waals surface area (Å²) >= 11 is 0. The van der Waals surface area contributed by atoms with Crippen molar-refractivity contribution in [2.24, 2.45) is 5.92 Å². The van der Waals surface area contributed by atoms with Gasteiger partial charge in [-0.2, -0.15) is 0 Å². The number of carbonyl (C=O) groups is 1. The van der Waals surface area contributed by atoms with Gasteiger partial charge in [0.05, 0.1) is 5.56 Å². The van der Waals surface area contributed by atoms with Gasteiger partial charge in [-0.05, 0) is 37.8 Å². The average molecular weight is 247 g/mol. The number of pyridine rings is 1. The highest BCUT2D eigenvalue weighted by atomic mass is 16.2. The largest absolute Gasteiger partial charge is 0.373 e. The van der Waals surface area contributed by atoms with E-state index in [9.17, 15) is 4.79 Å². The molecule has 2 unspecified atom stereocenters. The van der Waals surface area contributed by atoms with E-state index in [0.29, 0.717) is 17.5 Å². The Morgan fingerprint density at radius 1 is 1.44 bits per heavy atom. The Labute approximate surface area is 108 Å². The maximum absolute atomic E-state index is 12.4. The number of likely N-dealkylation sites (tertiary alicyclic amines) is 1. The second kappa shape index (κ2) is 5.38. The highest BCUT2D eigenvalue weighted by Gasteiger charge is 2.27. The Kier molecular flexibility index (Phi) is 3.84. The van der Waals surface area contributed by atoms with Crippen LogP contribution in [0.5, 0.6) is 0 Å². The van der Waals surface area contributed by atoms with Crippen LogP contribution < -0.4 is 5.32 Å². The lowest BCUT2D eigenvalue weighted by atomic mass is 9.93. The van der Waals surface area contributed by atoms with Crippen LogP contribution in [0.4, 0.5) is 5.82 Å². The molecule has 0 aliphatic carbocycles. The van der Waals surface area contributed by atoms with Crippen LogP contribution in [0.1, 0.15) is 37.0 Å². The molecule has 1 fully saturated rings. The lowest BCUT2D eigenvalue weighted by Gasteiger charge is -2.36. The second-order valence-corrected chi connectivity index (χ2v) is 5.16. The van der Waals surface area contributed by atoms with Gasteiger partial charge in [0.1, 0.15) is 5.82 Å². The SMILES string of the molecule is CNc1ccc(C(=O)N2CCC(C)CC2C)cn1. The summed E-state index contributed by atoms with van der Waals surface area (Å²) in [7, 11) is 1.82. The van der Waals surface area contributed by atoms with E-state index in [0.717, 1.165) is 25.2 Å². The van der Waals surface area contributed by atoms with Crippen LogP contribution in [0, 0.1) is 5.92 Å². The third kappa shape index (κ3) is 2.63. The Morgan fingerprint density at radius 3 is 2.78 bits per heavy atom. The summed E-state index contributed by atoms with van der Waals surface area (Å²) in [4.78, 5) is 18.5. The summed E-state index contributed by atoms with van der Waals surface area (Å²) < 4.78 is 0. The van der Waals surface area contributed by atoms with E-state index in [1.807, 2.05) is 24.1 Å². The zero-order chi connectivity index (χ0) is 13.1. The molecule has 4 nitrogen and oxygen atoms in total. The molecule has 18 heavy (non-hydrogen) atoms. The summed E-state index contributed by atoms with van der Waals surface area (Å²) in [5.74, 6) is 1.60. The first kappa shape index (κ1) is 12.9. The first-order chi connectivity index (χ1) is 8.61. The van der Waals surface area contributed by atoms with Crippen molar-refractivity contribution in [2.75, 3.05) is 18.9 Å². The van der Waals surface area contributed by atoms with E-state index in [-0.39, 0.29) is 5.91 Å². The van der Waals surface area contributed by atoms with Crippen LogP contribution in [0.15, 0.2) is 18.3 Å². The van der Waals surface area contributed by atoms with Gasteiger partial charge in [0.25, 0.3) is 5.91 Å². The minimum absolute atomic E-state index is 0.101. The quantitative estimate of drug-likeness (QED) is 0.872. The number of rotatable bonds is 2. The number of anilines is 1. The van der Waals surface area contributed by atoms with Crippen LogP contribution in [0.25, 0.3) is 0 Å². The molecule has 1 aromatic heterocycles. The van der Waals surface area contributed by atoms with Gasteiger partial charge in [-0.1, -0.05) is 6.92 Å². The molecule has 1 aliphatic heterocycles. The molecule has 0 bridgehead atoms. The molecule has 2 heterocycles. The highest BCUT2D eigenvalue weighted by molar-refractivity contribution is 5.94. The number of nitrogens with zero attached hydrogens (tertiary/aromatic N) is 2. The summed E-state index contributed by atoms with van der Waals surface area (Å²) in [6, 6.07) is 4.00. The average Bonchev–Trinajstić information content (AvgIpc) is 2.38. The molecular formula is C14H21N3O. The Balaban J connectivity index is 2.10. The smallest absolute Gasteiger partial charge is 0.255 e. The number of nitrogens with one attached hydrogen (secondary N) is 1. The maximum Gasteiger partial charge on any atom is 0.255 e. The number of piperidine rings is 1. The summed E-state index contributed by atoms with van der Waals surface area (Å²) in [5, 5.41) is 2.95. The maximum atomic E-state index is 12.4. The number of hydrogen-bond acceptors (Lipinski definition) is 3. The predicted octanol–water partition coefficient (Wildman–Crippen LogP) is 2.38. The van der Waals surface area contributed by atoms with E-state index < -0.39 is 0 Å². The van der Waals surface area contributed by atoms with Crippen LogP contribution in [0.2, 0.25) is 0 Å². The van der Waals surface area contributed by atoms with Crippen molar-refractivity contribution in [3.8, 4) is 0 Å². The van der Waals surface area contributed by atoms with Crippen LogP contribution in [-0.2, 0) is 0 Å². The van der Waals surface area contributed by atoms with Crippen molar-refractivity contribution >= 4 is 11.7 Å². The molecule has 1 N–H and O–H groups in total. The van der Waals surface area contributed by atoms with E-state index in [1.54, 1.807) is 6.20 Å². The number of carbonyl (C=O) groups excluding carboxylic acids is 1. The van der Waals surface area contributed by atoms with Gasteiger partial charge in [-0.15, -0.1) is 0 Å². The molecule has 98 valence electrons. The number of hydrogen-bond donors (Lipinski definition) is 1. The van der Waals surface area contributed by atoms with Gasteiger partial charge < -0.3 is 10.2 Å². The molecule has 2 rings (SSSR count). The molecule has 0 saturated carbocycles. The summed E-state index contributed by atoms with van der Waals surface area (Å²) in [6.07, 6.45) is 3.84. The zero-order valence-electron chi connectivity index (χ0n) is 11.3. The molecule has 1 saturated heterocycles. The monoisotopic (exact) mass is 247 g/mol. The zero-order valence-corrected chi connectivity index (χ0v) is 11.3. The predicted molar refractivity (Wildman–Crippen MR) is 72.7 cm³/mol. The molecule has 2 atom stereocenters. The van der Waals surface area contributed by atoms with Gasteiger partial charge in [0.2, 0.25) is 0 Å². The highest BCUT2D eigenvalue weighted by Crippen LogP contribution is 2.23. The van der Waals surface area contributed by atoms with E-state index >= 15 is 0 Å². The summed E-state index contributed by atoms with van der Waals surface area (Å²) in [5.41, 5.74) is 0.676. The van der Waals surface area contributed by atoms with Crippen molar-refractivity contribution in [1.82, 2.24) is 9.88 Å². The molecule has 1 aliphatic rings. The fourth-order valence-electron chi connectivity index (χ4n) is 2.54. The second-order valence-electron chi connectivity index (χ2n) is 5.16. The standard InChI is InChI=1S/C14H21N3O/c1-10-6-7-17(11(2)8-10)14(18)12-4-5-13(15-3)16-9-12/h4-5,9-11H,6-8H2,1-3H3,(H,15,16). The van der Waals surface area contributed by atoms with Crippen molar-refractivity contribution in [2.45, 2.75) is 32.7 Å². The van der Waals surface area contributed by atoms with Crippen molar-refractivity contribution < 1.29 is 4.79 Å². The van der Waals surface area contributed by atoms with Crippen LogP contribution in [0.3, 0.4) is 0 Å². The van der Waals surface area contributed by atoms with Crippen molar-refractivity contribution in [3.63, 3.8) is 0 Å². The minimum Gasteiger partial charge on any atom is -0.373 e. The lowest BCUT2D eigenvalue weighted by Crippen LogP contribution is -2.44. The lowest BCUT2D eigenvalue weighted by molar-refractivity contribution is 0.0588. The van der Waals surface area contributed by atoms with Gasteiger partial charge in [-0.3, -0.25) is 4.79 Å². The van der Waals surface area contributed by atoms with E-state index in [2.05, 4.69) is 24.1 Å². The molecule has 1 amide bonds. The third-order valence-electron chi connectivity index (χ3n) is 3.67. The van der Waals surface area contributed by atoms with Crippen molar-refractivity contribution in [1.29, 1.82) is 0 Å². The van der Waals surface area contributed by atoms with E-state index in [1.165, 1.54) is 0 Å². The number of aromatic nitrogens is 1. The number of amides is 1. The summed E-state index contributed by atoms with van der Waals surface area (Å²) in [6.45, 7) is 5.24. The fourth-order valence-corrected chi connectivity index (χ4v) is 2.54. The van der Waals surface area contributed by atoms with E-state index in [4.69, 9.17) is 0 Å². The molecular weight excluding hydrogens is 226 g/mol. The first-order valence-corrected chi connectivity index (χ1v) is 6.56. The van der Waals surface area contributed by atoms with Crippen molar-refractivity contribution in [3.05, 3.63) is 23.9 Å². The molecule has 0 aromatic carbocycles. The van der Waals surface area contributed by atoms with Crippen LogP contribution in [-0.4, -0.2) is 35.4 Å². The molecule has 4 heteroatoms. The third-order valence-corrected chi connectivity index (χ3v) is 3.67. The Bertz CT molecular complexity index is 416. The molecule has 0 radical (unpaired) electrons. The normalized spacial score (nSPS) is 23.8. The Hall–Kier alpha value is -1.58. The van der Waals surface area contributed by atoms with Gasteiger partial charge in [-0.25, -0.2) is 4.98 Å². The van der Waals surface area contributed by atoms with Gasteiger partial charge >= 0.3 is 0 Å². The van der Waals surface area contributed by atoms with Gasteiger partial charge in [0.15, 0.2) is 0 Å². The van der Waals surface area contributed by atoms with Gasteiger partial charge in [0, 0.05) is 25.8 Å². The molecule has 1 aromatic rings. The van der Waals surface area contributed by atoms with Crippen LogP contribution >= 0.6 is 0 Å².